The summed E-state index contributed by atoms with van der Waals surface area (Å²) in [4.78, 5) is 23.2. The maximum Gasteiger partial charge on any atom is 0.265 e. The summed E-state index contributed by atoms with van der Waals surface area (Å²) in [5.41, 5.74) is 3.77. The van der Waals surface area contributed by atoms with E-state index >= 15 is 0 Å². The number of likely N-dealkylation sites (N-methyl/N-ethyl adjacent to an activating group) is 1. The number of carbonyl (C=O) groups excluding carboxylic acids is 1. The van der Waals surface area contributed by atoms with Crippen LogP contribution < -0.4 is 14.8 Å². The molecule has 1 aromatic carbocycles. The summed E-state index contributed by atoms with van der Waals surface area (Å²) in [6.45, 7) is 16.8. The van der Waals surface area contributed by atoms with Gasteiger partial charge >= 0.3 is 0 Å². The third-order valence-corrected chi connectivity index (χ3v) is 7.33. The van der Waals surface area contributed by atoms with Gasteiger partial charge in [-0.2, -0.15) is 0 Å². The quantitative estimate of drug-likeness (QED) is 0.0733. The van der Waals surface area contributed by atoms with Crippen molar-refractivity contribution in [2.45, 2.75) is 67.2 Å². The van der Waals surface area contributed by atoms with E-state index in [1.54, 1.807) is 31.3 Å². The van der Waals surface area contributed by atoms with Gasteiger partial charge in [-0.15, -0.1) is 5.10 Å². The molecule has 0 fully saturated rings. The number of aryl methyl sites for hydroxylation is 2. The minimum Gasteiger partial charge on any atom is -0.495 e. The molecular weight excluding hydrogens is 640 g/mol. The maximum atomic E-state index is 14.0. The minimum atomic E-state index is -2.82. The SMILES string of the molecule is C=N/C(Nc1cc(/N=C\CC(=C)/C=C\C(=C(/C)n2nc(OC(C)F)cc2C)C(F)F)c(C)cc1OC)=C(\C=C(\C)CC)C(=O)N(C)CCF. The van der Waals surface area contributed by atoms with Gasteiger partial charge in [0.15, 0.2) is 0 Å². The van der Waals surface area contributed by atoms with Gasteiger partial charge in [0.1, 0.15) is 18.2 Å². The highest BCUT2D eigenvalue weighted by molar-refractivity contribution is 5.97. The molecular formula is C36H46F4N6O3. The molecule has 0 aliphatic carbocycles. The van der Waals surface area contributed by atoms with Gasteiger partial charge in [-0.3, -0.25) is 9.79 Å². The molecule has 0 saturated heterocycles. The van der Waals surface area contributed by atoms with Crippen LogP contribution in [0.5, 0.6) is 11.6 Å². The fraction of sp³-hybridized carbons (Fsp3) is 0.389. The molecule has 9 nitrogen and oxygen atoms in total. The van der Waals surface area contributed by atoms with E-state index in [9.17, 15) is 22.4 Å². The first kappa shape index (κ1) is 40.2. The van der Waals surface area contributed by atoms with Crippen LogP contribution in [0.3, 0.4) is 0 Å². The molecule has 49 heavy (non-hydrogen) atoms. The van der Waals surface area contributed by atoms with Crippen LogP contribution in [0.15, 0.2) is 81.1 Å². The van der Waals surface area contributed by atoms with E-state index < -0.39 is 25.4 Å². The van der Waals surface area contributed by atoms with Crippen molar-refractivity contribution in [2.75, 3.05) is 32.7 Å². The lowest BCUT2D eigenvalue weighted by Gasteiger charge is -2.20. The highest BCUT2D eigenvalue weighted by atomic mass is 19.3. The van der Waals surface area contributed by atoms with E-state index in [4.69, 9.17) is 9.47 Å². The molecule has 1 N–H and O–H groups in total. The average molecular weight is 687 g/mol. The Morgan fingerprint density at radius 1 is 1.18 bits per heavy atom. The third kappa shape index (κ3) is 11.6. The lowest BCUT2D eigenvalue weighted by Crippen LogP contribution is -2.30. The number of rotatable bonds is 18. The summed E-state index contributed by atoms with van der Waals surface area (Å²) in [6, 6.07) is 4.94. The Morgan fingerprint density at radius 2 is 1.88 bits per heavy atom. The van der Waals surface area contributed by atoms with Crippen LogP contribution in [0.25, 0.3) is 5.70 Å². The van der Waals surface area contributed by atoms with E-state index in [2.05, 4.69) is 33.7 Å². The van der Waals surface area contributed by atoms with Crippen molar-refractivity contribution in [3.8, 4) is 11.6 Å². The number of aromatic nitrogens is 2. The summed E-state index contributed by atoms with van der Waals surface area (Å²) >= 11 is 0. The van der Waals surface area contributed by atoms with E-state index in [1.165, 1.54) is 55.8 Å². The van der Waals surface area contributed by atoms with Gasteiger partial charge in [-0.05, 0) is 70.2 Å². The number of aliphatic imine (C=N–C) groups is 2. The molecule has 0 bridgehead atoms. The lowest BCUT2D eigenvalue weighted by molar-refractivity contribution is -0.125. The molecule has 0 spiro atoms. The molecule has 0 saturated carbocycles. The number of hydrogen-bond acceptors (Lipinski definition) is 7. The predicted octanol–water partition coefficient (Wildman–Crippen LogP) is 8.71. The standard InChI is InChI=1S/C36H46F4N6O3/c1-11-22(2)18-29(36(47)45(9)17-15-37)35(41-8)43-31-21-30(24(4)19-32(31)48-10)42-16-14-23(3)12-13-28(34(39)40)26(6)46-25(5)20-33(44-46)49-27(7)38/h12-13,16,18-21,27,34,43H,3,8,11,14-15,17H2,1-2,4-7,9-10H3/b13-12-,22-18-,28-26-,35-29-,42-16-. The topological polar surface area (TPSA) is 93.3 Å². The van der Waals surface area contributed by atoms with Crippen molar-refractivity contribution < 1.29 is 31.8 Å². The number of hydrogen-bond donors (Lipinski definition) is 1. The van der Waals surface area contributed by atoms with Crippen LogP contribution in [0.1, 0.15) is 51.8 Å². The van der Waals surface area contributed by atoms with E-state index in [-0.39, 0.29) is 41.5 Å². The van der Waals surface area contributed by atoms with Crippen LogP contribution in [-0.2, 0) is 4.79 Å². The Hall–Kier alpha value is -4.94. The third-order valence-electron chi connectivity index (χ3n) is 7.33. The molecule has 0 aliphatic rings. The Labute approximate surface area is 286 Å². The number of halogens is 4. The molecule has 0 aliphatic heterocycles. The molecule has 266 valence electrons. The van der Waals surface area contributed by atoms with E-state index in [0.717, 1.165) is 11.1 Å². The number of amides is 1. The number of ether oxygens (including phenoxy) is 2. The highest BCUT2D eigenvalue weighted by Gasteiger charge is 2.20. The van der Waals surface area contributed by atoms with Crippen LogP contribution in [-0.4, -0.2) is 73.7 Å². The van der Waals surface area contributed by atoms with Crippen molar-refractivity contribution in [1.82, 2.24) is 14.7 Å². The second-order valence-electron chi connectivity index (χ2n) is 11.2. The van der Waals surface area contributed by atoms with Crippen molar-refractivity contribution >= 4 is 35.9 Å². The van der Waals surface area contributed by atoms with E-state index in [1.807, 2.05) is 20.8 Å². The van der Waals surface area contributed by atoms with Gasteiger partial charge in [-0.1, -0.05) is 31.2 Å². The van der Waals surface area contributed by atoms with Gasteiger partial charge in [0.2, 0.25) is 12.2 Å². The van der Waals surface area contributed by atoms with E-state index in [0.29, 0.717) is 34.8 Å². The number of nitrogens with zero attached hydrogens (tertiary/aromatic N) is 5. The molecule has 0 radical (unpaired) electrons. The van der Waals surface area contributed by atoms with Gasteiger partial charge in [-0.25, -0.2) is 27.2 Å². The summed E-state index contributed by atoms with van der Waals surface area (Å²) in [6.07, 6.45) is 2.54. The fourth-order valence-electron chi connectivity index (χ4n) is 4.43. The molecule has 1 amide bonds. The van der Waals surface area contributed by atoms with Crippen molar-refractivity contribution in [1.29, 1.82) is 0 Å². The lowest BCUT2D eigenvalue weighted by atomic mass is 10.1. The number of anilines is 1. The molecule has 2 aromatic rings. The van der Waals surface area contributed by atoms with Gasteiger partial charge < -0.3 is 19.7 Å². The number of alkyl halides is 4. The second-order valence-corrected chi connectivity index (χ2v) is 11.2. The first-order valence-corrected chi connectivity index (χ1v) is 15.6. The van der Waals surface area contributed by atoms with Crippen LogP contribution in [0, 0.1) is 13.8 Å². The Morgan fingerprint density at radius 3 is 2.45 bits per heavy atom. The first-order chi connectivity index (χ1) is 23.2. The minimum absolute atomic E-state index is 0.0104. The normalized spacial score (nSPS) is 13.8. The van der Waals surface area contributed by atoms with Gasteiger partial charge in [0.05, 0.1) is 24.1 Å². The molecule has 1 aromatic heterocycles. The summed E-state index contributed by atoms with van der Waals surface area (Å²) in [5, 5.41) is 7.22. The summed E-state index contributed by atoms with van der Waals surface area (Å²) in [7, 11) is 3.01. The zero-order valence-electron chi connectivity index (χ0n) is 29.4. The average Bonchev–Trinajstić information content (AvgIpc) is 3.41. The molecule has 2 rings (SSSR count). The van der Waals surface area contributed by atoms with Crippen LogP contribution >= 0.6 is 0 Å². The summed E-state index contributed by atoms with van der Waals surface area (Å²) in [5.74, 6) is 0.172. The summed E-state index contributed by atoms with van der Waals surface area (Å²) < 4.78 is 66.2. The molecule has 1 unspecified atom stereocenters. The second kappa shape index (κ2) is 19.2. The van der Waals surface area contributed by atoms with Crippen molar-refractivity contribution in [3.63, 3.8) is 0 Å². The highest BCUT2D eigenvalue weighted by Crippen LogP contribution is 2.34. The Balaban J connectivity index is 2.38. The zero-order valence-corrected chi connectivity index (χ0v) is 29.4. The number of nitrogens with one attached hydrogen (secondary N) is 1. The number of allylic oxidation sites excluding steroid dienone is 6. The zero-order chi connectivity index (χ0) is 36.8. The maximum absolute atomic E-state index is 14.0. The monoisotopic (exact) mass is 686 g/mol. The largest absolute Gasteiger partial charge is 0.495 e. The number of benzene rings is 1. The van der Waals surface area contributed by atoms with Gasteiger partial charge in [0.25, 0.3) is 12.3 Å². The number of carbonyl (C=O) groups is 1. The molecule has 1 heterocycles. The first-order valence-electron chi connectivity index (χ1n) is 15.6. The Bertz CT molecular complexity index is 1650. The molecule has 13 heteroatoms. The number of methoxy groups -OCH3 is 1. The Kier molecular flexibility index (Phi) is 15.7. The molecule has 1 atom stereocenters. The van der Waals surface area contributed by atoms with Crippen LogP contribution in [0.2, 0.25) is 0 Å². The fourth-order valence-corrected chi connectivity index (χ4v) is 4.43. The van der Waals surface area contributed by atoms with Crippen molar-refractivity contribution in [2.24, 2.45) is 9.98 Å². The van der Waals surface area contributed by atoms with Gasteiger partial charge in [0, 0.05) is 56.2 Å². The van der Waals surface area contributed by atoms with Crippen LogP contribution in [0.4, 0.5) is 28.9 Å². The van der Waals surface area contributed by atoms with Crippen molar-refractivity contribution in [3.05, 3.63) is 82.4 Å². The predicted molar refractivity (Wildman–Crippen MR) is 190 cm³/mol. The smallest absolute Gasteiger partial charge is 0.265 e.